The van der Waals surface area contributed by atoms with Crippen LogP contribution < -0.4 is 0 Å². The molecule has 0 aromatic heterocycles. The normalized spacial score (nSPS) is 34.9. The van der Waals surface area contributed by atoms with E-state index in [2.05, 4.69) is 6.42 Å². The van der Waals surface area contributed by atoms with Gasteiger partial charge >= 0.3 is 0 Å². The summed E-state index contributed by atoms with van der Waals surface area (Å²) in [4.78, 5) is 0. The minimum absolute atomic E-state index is 0.899. The van der Waals surface area contributed by atoms with Crippen molar-refractivity contribution < 1.29 is 0 Å². The molecular formula is C11H17. The van der Waals surface area contributed by atoms with Crippen LogP contribution in [0.25, 0.3) is 0 Å². The zero-order valence-electron chi connectivity index (χ0n) is 7.18. The first-order valence-corrected chi connectivity index (χ1v) is 5.21. The van der Waals surface area contributed by atoms with Crippen LogP contribution >= 0.6 is 0 Å². The highest BCUT2D eigenvalue weighted by atomic mass is 14.5. The topological polar surface area (TPSA) is 0 Å². The van der Waals surface area contributed by atoms with Crippen LogP contribution in [0.1, 0.15) is 44.9 Å². The second-order valence-electron chi connectivity index (χ2n) is 5.05. The fourth-order valence-corrected chi connectivity index (χ4v) is 2.95. The van der Waals surface area contributed by atoms with Gasteiger partial charge in [0, 0.05) is 0 Å². The lowest BCUT2D eigenvalue weighted by Crippen LogP contribution is -2.42. The molecule has 0 atom stereocenters. The molecule has 1 radical (unpaired) electrons. The van der Waals surface area contributed by atoms with Gasteiger partial charge in [-0.25, -0.2) is 0 Å². The van der Waals surface area contributed by atoms with E-state index in [1.54, 1.807) is 25.7 Å². The molecule has 0 amide bonds. The van der Waals surface area contributed by atoms with E-state index in [0.717, 1.165) is 17.3 Å². The van der Waals surface area contributed by atoms with Gasteiger partial charge in [-0.3, -0.25) is 0 Å². The molecule has 0 bridgehead atoms. The van der Waals surface area contributed by atoms with Crippen LogP contribution in [-0.2, 0) is 0 Å². The largest absolute Gasteiger partial charge is 0.0522 e. The van der Waals surface area contributed by atoms with Crippen molar-refractivity contribution in [3.63, 3.8) is 0 Å². The van der Waals surface area contributed by atoms with Crippen LogP contribution in [0, 0.1) is 23.7 Å². The second kappa shape index (κ2) is 2.02. The van der Waals surface area contributed by atoms with Gasteiger partial charge in [0.2, 0.25) is 0 Å². The average Bonchev–Trinajstić information content (AvgIpc) is 2.54. The van der Waals surface area contributed by atoms with E-state index in [-0.39, 0.29) is 0 Å². The van der Waals surface area contributed by atoms with Gasteiger partial charge in [0.25, 0.3) is 0 Å². The van der Waals surface area contributed by atoms with Crippen LogP contribution in [0.15, 0.2) is 0 Å². The lowest BCUT2D eigenvalue weighted by Gasteiger charge is -2.54. The summed E-state index contributed by atoms with van der Waals surface area (Å²) in [6.45, 7) is 0. The lowest BCUT2D eigenvalue weighted by atomic mass is 9.51. The molecular weight excluding hydrogens is 132 g/mol. The Kier molecular flexibility index (Phi) is 1.20. The number of hydrogen-bond acceptors (Lipinski definition) is 0. The Balaban J connectivity index is 1.47. The SMILES string of the molecule is [CH](C1CC1)C1CC2(CCC2)C1. The van der Waals surface area contributed by atoms with Crippen LogP contribution in [0.5, 0.6) is 0 Å². The maximum atomic E-state index is 2.66. The predicted molar refractivity (Wildman–Crippen MR) is 46.0 cm³/mol. The molecule has 0 aromatic carbocycles. The maximum Gasteiger partial charge on any atom is -0.0292 e. The monoisotopic (exact) mass is 149 g/mol. The Morgan fingerprint density at radius 1 is 1.00 bits per heavy atom. The minimum atomic E-state index is 0.899. The van der Waals surface area contributed by atoms with Gasteiger partial charge in [-0.15, -0.1) is 0 Å². The molecule has 0 aromatic rings. The molecule has 3 aliphatic rings. The number of rotatable bonds is 2. The predicted octanol–water partition coefficient (Wildman–Crippen LogP) is 3.18. The third-order valence-corrected chi connectivity index (χ3v) is 3.97. The third kappa shape index (κ3) is 1.02. The van der Waals surface area contributed by atoms with Gasteiger partial charge in [0.1, 0.15) is 0 Å². The average molecular weight is 149 g/mol. The smallest absolute Gasteiger partial charge is 0.0292 e. The highest BCUT2D eigenvalue weighted by Gasteiger charge is 2.48. The van der Waals surface area contributed by atoms with E-state index in [0.29, 0.717) is 0 Å². The van der Waals surface area contributed by atoms with Crippen LogP contribution in [0.2, 0.25) is 0 Å². The first-order valence-electron chi connectivity index (χ1n) is 5.21. The van der Waals surface area contributed by atoms with Gasteiger partial charge < -0.3 is 0 Å². The van der Waals surface area contributed by atoms with Crippen molar-refractivity contribution in [3.8, 4) is 0 Å². The third-order valence-electron chi connectivity index (χ3n) is 3.97. The molecule has 0 aliphatic heterocycles. The number of hydrogen-bond donors (Lipinski definition) is 0. The first-order chi connectivity index (χ1) is 5.36. The standard InChI is InChI=1S/C11H17/c1-4-11(5-1)7-10(8-11)6-9-2-3-9/h6,9-10H,1-5,7-8H2. The highest BCUT2D eigenvalue weighted by Crippen LogP contribution is 2.60. The molecule has 0 unspecified atom stereocenters. The van der Waals surface area contributed by atoms with Crippen LogP contribution in [-0.4, -0.2) is 0 Å². The van der Waals surface area contributed by atoms with Gasteiger partial charge in [-0.2, -0.15) is 0 Å². The van der Waals surface area contributed by atoms with Crippen molar-refractivity contribution in [2.45, 2.75) is 44.9 Å². The van der Waals surface area contributed by atoms with E-state index < -0.39 is 0 Å². The van der Waals surface area contributed by atoms with Crippen LogP contribution in [0.3, 0.4) is 0 Å². The molecule has 3 fully saturated rings. The van der Waals surface area contributed by atoms with E-state index in [1.807, 2.05) is 0 Å². The van der Waals surface area contributed by atoms with Crippen molar-refractivity contribution in [1.82, 2.24) is 0 Å². The summed E-state index contributed by atoms with van der Waals surface area (Å²) < 4.78 is 0. The van der Waals surface area contributed by atoms with E-state index in [9.17, 15) is 0 Å². The van der Waals surface area contributed by atoms with Gasteiger partial charge in [-0.05, 0) is 62.2 Å². The van der Waals surface area contributed by atoms with Crippen molar-refractivity contribution in [1.29, 1.82) is 0 Å². The molecule has 0 saturated heterocycles. The molecule has 3 saturated carbocycles. The van der Waals surface area contributed by atoms with E-state index in [1.165, 1.54) is 19.3 Å². The minimum Gasteiger partial charge on any atom is -0.0522 e. The Hall–Kier alpha value is 0. The zero-order chi connectivity index (χ0) is 7.31. The Morgan fingerprint density at radius 2 is 1.73 bits per heavy atom. The molecule has 0 nitrogen and oxygen atoms in total. The molecule has 3 rings (SSSR count). The van der Waals surface area contributed by atoms with Crippen molar-refractivity contribution in [2.75, 3.05) is 0 Å². The molecule has 11 heavy (non-hydrogen) atoms. The maximum absolute atomic E-state index is 2.66. The van der Waals surface area contributed by atoms with E-state index >= 15 is 0 Å². The molecule has 61 valence electrons. The Morgan fingerprint density at radius 3 is 2.18 bits per heavy atom. The van der Waals surface area contributed by atoms with Crippen molar-refractivity contribution >= 4 is 0 Å². The summed E-state index contributed by atoms with van der Waals surface area (Å²) in [5.41, 5.74) is 0.899. The van der Waals surface area contributed by atoms with Gasteiger partial charge in [0.05, 0.1) is 0 Å². The summed E-state index contributed by atoms with van der Waals surface area (Å²) in [5.74, 6) is 2.10. The molecule has 0 heteroatoms. The Bertz CT molecular complexity index is 155. The summed E-state index contributed by atoms with van der Waals surface area (Å²) in [7, 11) is 0. The second-order valence-corrected chi connectivity index (χ2v) is 5.05. The summed E-state index contributed by atoms with van der Waals surface area (Å²) >= 11 is 0. The van der Waals surface area contributed by atoms with Gasteiger partial charge in [-0.1, -0.05) is 6.42 Å². The van der Waals surface area contributed by atoms with E-state index in [4.69, 9.17) is 0 Å². The lowest BCUT2D eigenvalue weighted by molar-refractivity contribution is -0.0124. The van der Waals surface area contributed by atoms with Crippen molar-refractivity contribution in [3.05, 3.63) is 6.42 Å². The van der Waals surface area contributed by atoms with Gasteiger partial charge in [0.15, 0.2) is 0 Å². The molecule has 1 spiro atoms. The first kappa shape index (κ1) is 6.51. The molecule has 0 N–H and O–H groups in total. The Labute approximate surface area is 69.4 Å². The zero-order valence-corrected chi connectivity index (χ0v) is 7.18. The fourth-order valence-electron chi connectivity index (χ4n) is 2.95. The quantitative estimate of drug-likeness (QED) is 0.565. The molecule has 3 aliphatic carbocycles. The highest BCUT2D eigenvalue weighted by molar-refractivity contribution is 5.06. The summed E-state index contributed by atoms with van der Waals surface area (Å²) in [5, 5.41) is 0. The summed E-state index contributed by atoms with van der Waals surface area (Å²) in [6.07, 6.45) is 13.4. The fraction of sp³-hybridized carbons (Fsp3) is 0.909. The van der Waals surface area contributed by atoms with Crippen LogP contribution in [0.4, 0.5) is 0 Å². The summed E-state index contributed by atoms with van der Waals surface area (Å²) in [6, 6.07) is 0. The molecule has 0 heterocycles. The van der Waals surface area contributed by atoms with Crippen molar-refractivity contribution in [2.24, 2.45) is 17.3 Å².